The highest BCUT2D eigenvalue weighted by molar-refractivity contribution is 5.75. The summed E-state index contributed by atoms with van der Waals surface area (Å²) in [6.45, 7) is 10.3. The largest absolute Gasteiger partial charge is 0.349 e. The molecule has 0 amide bonds. The van der Waals surface area contributed by atoms with Crippen molar-refractivity contribution < 1.29 is 4.58 Å². The molecule has 0 bridgehead atoms. The van der Waals surface area contributed by atoms with Gasteiger partial charge in [-0.3, -0.25) is 14.4 Å². The smallest absolute Gasteiger partial charge is 0.270 e. The van der Waals surface area contributed by atoms with Gasteiger partial charge in [0.2, 0.25) is 0 Å². The van der Waals surface area contributed by atoms with E-state index in [2.05, 4.69) is 70.3 Å². The molecule has 0 saturated carbocycles. The van der Waals surface area contributed by atoms with E-state index in [1.165, 1.54) is 38.1 Å². The maximum Gasteiger partial charge on any atom is 0.349 e. The van der Waals surface area contributed by atoms with Crippen molar-refractivity contribution >= 4 is 5.96 Å². The summed E-state index contributed by atoms with van der Waals surface area (Å²) in [4.78, 5) is 4.75. The lowest BCUT2D eigenvalue weighted by Crippen LogP contribution is -2.54. The Bertz CT molecular complexity index is 270. The molecule has 0 aliphatic heterocycles. The summed E-state index contributed by atoms with van der Waals surface area (Å²) in [5, 5.41) is 0. The normalized spacial score (nSPS) is 11.4. The van der Waals surface area contributed by atoms with Gasteiger partial charge in [-0.15, -0.1) is 0 Å². The topological polar surface area (TPSA) is 9.49 Å². The number of guanidine groups is 1. The third-order valence-electron chi connectivity index (χ3n) is 3.34. The molecule has 0 N–H and O–H groups in total. The Hall–Kier alpha value is -0.730. The Balaban J connectivity index is 4.70. The van der Waals surface area contributed by atoms with E-state index < -0.39 is 0 Å². The fourth-order valence-electron chi connectivity index (χ4n) is 2.49. The number of hydrogen-bond acceptors (Lipinski definition) is 0. The Morgan fingerprint density at radius 2 is 1.47 bits per heavy atom. The van der Waals surface area contributed by atoms with Gasteiger partial charge in [0.25, 0.3) is 0 Å². The first-order valence-electron chi connectivity index (χ1n) is 7.71. The number of nitrogens with zero attached hydrogens (tertiary/aromatic N) is 3. The zero-order valence-electron chi connectivity index (χ0n) is 14.6. The Morgan fingerprint density at radius 3 is 1.84 bits per heavy atom. The molecule has 114 valence electrons. The maximum absolute atomic E-state index is 2.53. The minimum atomic E-state index is 0.161. The van der Waals surface area contributed by atoms with Gasteiger partial charge in [0.1, 0.15) is 0 Å². The van der Waals surface area contributed by atoms with Crippen molar-refractivity contribution in [1.29, 1.82) is 0 Å². The molecule has 3 heteroatoms. The van der Waals surface area contributed by atoms with Gasteiger partial charge >= 0.3 is 5.96 Å². The van der Waals surface area contributed by atoms with Gasteiger partial charge in [0, 0.05) is 0 Å². The lowest BCUT2D eigenvalue weighted by Gasteiger charge is -2.35. The summed E-state index contributed by atoms with van der Waals surface area (Å²) in [5.41, 5.74) is 0.161. The second-order valence-electron chi connectivity index (χ2n) is 6.83. The average molecular weight is 270 g/mol. The predicted molar refractivity (Wildman–Crippen MR) is 86.0 cm³/mol. The van der Waals surface area contributed by atoms with Crippen molar-refractivity contribution in [2.24, 2.45) is 0 Å². The maximum atomic E-state index is 2.53. The lowest BCUT2D eigenvalue weighted by molar-refractivity contribution is -0.477. The molecule has 0 aliphatic rings. The first kappa shape index (κ1) is 18.3. The molecule has 0 rings (SSSR count). The van der Waals surface area contributed by atoms with Crippen molar-refractivity contribution in [3.05, 3.63) is 0 Å². The summed E-state index contributed by atoms with van der Waals surface area (Å²) in [6, 6.07) is 0. The molecule has 19 heavy (non-hydrogen) atoms. The molecule has 0 fully saturated rings. The third-order valence-corrected chi connectivity index (χ3v) is 3.34. The number of unbranched alkanes of at least 4 members (excludes halogenated alkanes) is 4. The second-order valence-corrected chi connectivity index (χ2v) is 6.83. The summed E-state index contributed by atoms with van der Waals surface area (Å²) < 4.78 is 2.22. The van der Waals surface area contributed by atoms with E-state index in [1.54, 1.807) is 0 Å². The Kier molecular flexibility index (Phi) is 8.12. The first-order chi connectivity index (χ1) is 8.71. The van der Waals surface area contributed by atoms with Crippen molar-refractivity contribution in [2.45, 2.75) is 65.3 Å². The minimum Gasteiger partial charge on any atom is -0.270 e. The van der Waals surface area contributed by atoms with Crippen LogP contribution in [0, 0.1) is 0 Å². The van der Waals surface area contributed by atoms with Gasteiger partial charge in [0.15, 0.2) is 0 Å². The van der Waals surface area contributed by atoms with Crippen molar-refractivity contribution in [2.75, 3.05) is 34.7 Å². The van der Waals surface area contributed by atoms with Crippen LogP contribution in [0.3, 0.4) is 0 Å². The predicted octanol–water partition coefficient (Wildman–Crippen LogP) is 3.25. The molecule has 0 radical (unpaired) electrons. The minimum absolute atomic E-state index is 0.161. The van der Waals surface area contributed by atoms with Crippen molar-refractivity contribution in [3.8, 4) is 0 Å². The second kappa shape index (κ2) is 8.44. The van der Waals surface area contributed by atoms with E-state index in [4.69, 9.17) is 0 Å². The van der Waals surface area contributed by atoms with Crippen LogP contribution in [0.5, 0.6) is 0 Å². The highest BCUT2D eigenvalue weighted by Gasteiger charge is 2.32. The zero-order chi connectivity index (χ0) is 15.1. The van der Waals surface area contributed by atoms with Crippen LogP contribution in [0.1, 0.15) is 59.8 Å². The molecule has 0 aromatic heterocycles. The van der Waals surface area contributed by atoms with Crippen molar-refractivity contribution in [1.82, 2.24) is 9.80 Å². The zero-order valence-corrected chi connectivity index (χ0v) is 14.6. The van der Waals surface area contributed by atoms with E-state index in [0.29, 0.717) is 0 Å². The first-order valence-corrected chi connectivity index (χ1v) is 7.71. The van der Waals surface area contributed by atoms with Crippen LogP contribution in [-0.4, -0.2) is 60.6 Å². The van der Waals surface area contributed by atoms with E-state index >= 15 is 0 Å². The highest BCUT2D eigenvalue weighted by atomic mass is 15.4. The highest BCUT2D eigenvalue weighted by Crippen LogP contribution is 2.16. The van der Waals surface area contributed by atoms with E-state index in [1.807, 2.05) is 0 Å². The molecule has 0 aromatic carbocycles. The number of rotatable bonds is 6. The molecular formula is C16H36N3+. The summed E-state index contributed by atoms with van der Waals surface area (Å²) in [5.74, 6) is 1.29. The van der Waals surface area contributed by atoms with E-state index in [-0.39, 0.29) is 5.54 Å². The van der Waals surface area contributed by atoms with E-state index in [0.717, 1.165) is 6.54 Å². The summed E-state index contributed by atoms with van der Waals surface area (Å²) >= 11 is 0. The van der Waals surface area contributed by atoms with Crippen LogP contribution >= 0.6 is 0 Å². The van der Waals surface area contributed by atoms with Gasteiger partial charge < -0.3 is 0 Å². The quantitative estimate of drug-likeness (QED) is 0.317. The molecule has 0 saturated heterocycles. The van der Waals surface area contributed by atoms with Crippen LogP contribution in [0.4, 0.5) is 0 Å². The van der Waals surface area contributed by atoms with Gasteiger partial charge in [-0.1, -0.05) is 32.6 Å². The van der Waals surface area contributed by atoms with Crippen LogP contribution in [0.2, 0.25) is 0 Å². The fourth-order valence-corrected chi connectivity index (χ4v) is 2.49. The van der Waals surface area contributed by atoms with Crippen LogP contribution in [0.25, 0.3) is 0 Å². The van der Waals surface area contributed by atoms with Gasteiger partial charge in [-0.05, 0) is 27.2 Å². The summed E-state index contributed by atoms with van der Waals surface area (Å²) in [7, 11) is 8.52. The fraction of sp³-hybridized carbons (Fsp3) is 0.938. The molecule has 0 aliphatic carbocycles. The molecule has 0 aromatic rings. The molecule has 0 spiro atoms. The Labute approximate surface area is 121 Å². The monoisotopic (exact) mass is 270 g/mol. The van der Waals surface area contributed by atoms with Gasteiger partial charge in [0.05, 0.1) is 40.3 Å². The standard InChI is InChI=1S/C16H36N3/c1-9-10-11-12-13-14-19(16(2,3)4)15(17(5)6)18(7)8/h9-14H2,1-8H3/q+1. The molecule has 0 heterocycles. The molecular weight excluding hydrogens is 234 g/mol. The van der Waals surface area contributed by atoms with Gasteiger partial charge in [-0.2, -0.15) is 0 Å². The average Bonchev–Trinajstić information content (AvgIpc) is 2.24. The number of hydrogen-bond donors (Lipinski definition) is 0. The molecule has 0 unspecified atom stereocenters. The van der Waals surface area contributed by atoms with Crippen LogP contribution < -0.4 is 0 Å². The van der Waals surface area contributed by atoms with Gasteiger partial charge in [-0.25, -0.2) is 0 Å². The SMILES string of the molecule is CCCCCCCN(C(N(C)C)=[N+](C)C)C(C)(C)C. The summed E-state index contributed by atoms with van der Waals surface area (Å²) in [6.07, 6.45) is 6.67. The van der Waals surface area contributed by atoms with Crippen LogP contribution in [-0.2, 0) is 0 Å². The molecule has 0 atom stereocenters. The molecule has 3 nitrogen and oxygen atoms in total. The van der Waals surface area contributed by atoms with Crippen molar-refractivity contribution in [3.63, 3.8) is 0 Å². The Morgan fingerprint density at radius 1 is 0.947 bits per heavy atom. The van der Waals surface area contributed by atoms with E-state index in [9.17, 15) is 0 Å². The van der Waals surface area contributed by atoms with Crippen LogP contribution in [0.15, 0.2) is 0 Å². The third kappa shape index (κ3) is 6.84. The lowest BCUT2D eigenvalue weighted by atomic mass is 10.0.